The number of hydrogen-bond acceptors (Lipinski definition) is 4. The maximum atomic E-state index is 13.5. The first-order valence-corrected chi connectivity index (χ1v) is 10.3. The molecule has 0 radical (unpaired) electrons. The van der Waals surface area contributed by atoms with Crippen LogP contribution in [0.1, 0.15) is 17.0 Å². The van der Waals surface area contributed by atoms with Gasteiger partial charge in [-0.05, 0) is 24.6 Å². The highest BCUT2D eigenvalue weighted by Crippen LogP contribution is 2.60. The fraction of sp³-hybridized carbons (Fsp3) is 0.333. The van der Waals surface area contributed by atoms with E-state index in [1.807, 2.05) is 55.5 Å². The molecule has 0 saturated carbocycles. The maximum Gasteiger partial charge on any atom is 0.203 e. The minimum absolute atomic E-state index is 0.00249. The summed E-state index contributed by atoms with van der Waals surface area (Å²) in [6.07, 6.45) is 1.75. The summed E-state index contributed by atoms with van der Waals surface area (Å²) in [5.74, 6) is -0.289. The summed E-state index contributed by atoms with van der Waals surface area (Å²) >= 11 is 0. The van der Waals surface area contributed by atoms with Gasteiger partial charge in [-0.25, -0.2) is 8.42 Å². The number of aryl methyl sites for hydroxylation is 1. The largest absolute Gasteiger partial charge is 0.378 e. The molecule has 2 aliphatic heterocycles. The predicted octanol–water partition coefficient (Wildman–Crippen LogP) is 3.23. The molecule has 1 aliphatic carbocycles. The highest BCUT2D eigenvalue weighted by molar-refractivity contribution is 7.95. The smallest absolute Gasteiger partial charge is 0.203 e. The second-order valence-corrected chi connectivity index (χ2v) is 9.34. The third kappa shape index (κ3) is 2.24. The molecule has 3 aliphatic rings. The Morgan fingerprint density at radius 1 is 1.04 bits per heavy atom. The maximum absolute atomic E-state index is 13.5. The van der Waals surface area contributed by atoms with Crippen LogP contribution >= 0.6 is 0 Å². The third-order valence-corrected chi connectivity index (χ3v) is 7.70. The molecule has 4 atom stereocenters. The van der Waals surface area contributed by atoms with Crippen LogP contribution in [0.15, 0.2) is 70.5 Å². The van der Waals surface area contributed by atoms with Gasteiger partial charge in [0.2, 0.25) is 9.84 Å². The van der Waals surface area contributed by atoms with Crippen LogP contribution in [0.25, 0.3) is 0 Å². The Hall–Kier alpha value is -1.95. The first-order chi connectivity index (χ1) is 12.5. The summed E-state index contributed by atoms with van der Waals surface area (Å²) in [5, 5.41) is 0. The lowest BCUT2D eigenvalue weighted by Gasteiger charge is -2.27. The summed E-state index contributed by atoms with van der Waals surface area (Å²) in [6.45, 7) is 3.01. The summed E-state index contributed by atoms with van der Waals surface area (Å²) in [4.78, 5) is 0.781. The molecule has 2 aromatic rings. The normalized spacial score (nSPS) is 32.5. The van der Waals surface area contributed by atoms with E-state index < -0.39 is 9.84 Å². The molecule has 1 spiro atoms. The summed E-state index contributed by atoms with van der Waals surface area (Å²) in [7, 11) is -3.60. The van der Waals surface area contributed by atoms with Crippen LogP contribution in [-0.2, 0) is 19.3 Å². The van der Waals surface area contributed by atoms with Crippen LogP contribution in [0.5, 0.6) is 0 Å². The SMILES string of the molecule is Cc1ccc(S(=O)(=O)C2=C[C@H]3COC[C@]34O[C@@H]4[C@H]2c2ccccc2)cc1. The van der Waals surface area contributed by atoms with Gasteiger partial charge in [-0.2, -0.15) is 0 Å². The van der Waals surface area contributed by atoms with Crippen molar-refractivity contribution in [2.45, 2.75) is 29.4 Å². The second-order valence-electron chi connectivity index (χ2n) is 7.39. The van der Waals surface area contributed by atoms with E-state index in [1.165, 1.54) is 0 Å². The molecule has 26 heavy (non-hydrogen) atoms. The standard InChI is InChI=1S/C21H20O4S/c1-14-7-9-17(10-8-14)26(22,23)18-11-16-12-24-13-21(16)20(25-21)19(18)15-5-3-2-4-6-15/h2-11,16,19-20H,12-13H2,1H3/t16-,19-,20+,21-/m0/s1. The molecular formula is C21H20O4S. The van der Waals surface area contributed by atoms with Crippen LogP contribution in [0, 0.1) is 12.8 Å². The average molecular weight is 368 g/mol. The number of hydrogen-bond donors (Lipinski definition) is 0. The highest BCUT2D eigenvalue weighted by Gasteiger charge is 2.70. The van der Waals surface area contributed by atoms with Gasteiger partial charge in [-0.1, -0.05) is 54.1 Å². The van der Waals surface area contributed by atoms with Crippen LogP contribution in [0.4, 0.5) is 0 Å². The Morgan fingerprint density at radius 3 is 2.50 bits per heavy atom. The zero-order chi connectivity index (χ0) is 17.9. The van der Waals surface area contributed by atoms with E-state index in [2.05, 4.69) is 0 Å². The molecule has 5 heteroatoms. The quantitative estimate of drug-likeness (QED) is 0.781. The van der Waals surface area contributed by atoms with Gasteiger partial charge in [0.15, 0.2) is 0 Å². The van der Waals surface area contributed by atoms with Crippen molar-refractivity contribution in [2.75, 3.05) is 13.2 Å². The molecule has 0 aromatic heterocycles. The Kier molecular flexibility index (Phi) is 3.45. The Labute approximate surface area is 153 Å². The molecule has 2 heterocycles. The number of ether oxygens (including phenoxy) is 2. The van der Waals surface area contributed by atoms with Crippen LogP contribution in [-0.4, -0.2) is 33.3 Å². The molecular weight excluding hydrogens is 348 g/mol. The Balaban J connectivity index is 1.66. The topological polar surface area (TPSA) is 55.9 Å². The molecule has 2 fully saturated rings. The molecule has 4 nitrogen and oxygen atoms in total. The fourth-order valence-corrected chi connectivity index (χ4v) is 6.01. The summed E-state index contributed by atoms with van der Waals surface area (Å²) in [5.41, 5.74) is 1.67. The van der Waals surface area contributed by atoms with Gasteiger partial charge < -0.3 is 9.47 Å². The molecule has 0 unspecified atom stereocenters. The molecule has 0 N–H and O–H groups in total. The number of rotatable bonds is 3. The van der Waals surface area contributed by atoms with Gasteiger partial charge in [0.25, 0.3) is 0 Å². The van der Waals surface area contributed by atoms with E-state index in [0.717, 1.165) is 11.1 Å². The predicted molar refractivity (Wildman–Crippen MR) is 97.5 cm³/mol. The monoisotopic (exact) mass is 368 g/mol. The molecule has 5 rings (SSSR count). The van der Waals surface area contributed by atoms with Gasteiger partial charge in [0.05, 0.1) is 23.0 Å². The van der Waals surface area contributed by atoms with E-state index in [1.54, 1.807) is 12.1 Å². The first-order valence-electron chi connectivity index (χ1n) is 8.86. The minimum Gasteiger partial charge on any atom is -0.378 e. The van der Waals surface area contributed by atoms with Gasteiger partial charge in [0.1, 0.15) is 11.7 Å². The number of epoxide rings is 1. The van der Waals surface area contributed by atoms with Crippen molar-refractivity contribution < 1.29 is 17.9 Å². The Bertz CT molecular complexity index is 978. The van der Waals surface area contributed by atoms with Crippen LogP contribution in [0.3, 0.4) is 0 Å². The van der Waals surface area contributed by atoms with Crippen molar-refractivity contribution in [3.8, 4) is 0 Å². The minimum atomic E-state index is -3.60. The molecule has 134 valence electrons. The lowest BCUT2D eigenvalue weighted by molar-refractivity contribution is 0.170. The van der Waals surface area contributed by atoms with E-state index in [-0.39, 0.29) is 23.5 Å². The van der Waals surface area contributed by atoms with E-state index in [0.29, 0.717) is 23.0 Å². The van der Waals surface area contributed by atoms with Gasteiger partial charge in [-0.15, -0.1) is 0 Å². The molecule has 0 bridgehead atoms. The highest BCUT2D eigenvalue weighted by atomic mass is 32.2. The van der Waals surface area contributed by atoms with E-state index in [9.17, 15) is 8.42 Å². The first kappa shape index (κ1) is 16.2. The van der Waals surface area contributed by atoms with Crippen molar-refractivity contribution in [1.82, 2.24) is 0 Å². The number of sulfone groups is 1. The Morgan fingerprint density at radius 2 is 1.77 bits per heavy atom. The molecule has 2 saturated heterocycles. The van der Waals surface area contributed by atoms with Crippen LogP contribution < -0.4 is 0 Å². The lowest BCUT2D eigenvalue weighted by atomic mass is 9.78. The average Bonchev–Trinajstić information content (AvgIpc) is 3.23. The van der Waals surface area contributed by atoms with Crippen molar-refractivity contribution in [2.24, 2.45) is 5.92 Å². The van der Waals surface area contributed by atoms with Gasteiger partial charge in [-0.3, -0.25) is 0 Å². The lowest BCUT2D eigenvalue weighted by Crippen LogP contribution is -2.34. The van der Waals surface area contributed by atoms with Crippen molar-refractivity contribution >= 4 is 9.84 Å². The third-order valence-electron chi connectivity index (χ3n) is 5.80. The van der Waals surface area contributed by atoms with E-state index >= 15 is 0 Å². The van der Waals surface area contributed by atoms with Gasteiger partial charge >= 0.3 is 0 Å². The van der Waals surface area contributed by atoms with Crippen molar-refractivity contribution in [3.63, 3.8) is 0 Å². The molecule has 2 aromatic carbocycles. The summed E-state index contributed by atoms with van der Waals surface area (Å²) in [6, 6.07) is 16.8. The molecule has 0 amide bonds. The fourth-order valence-electron chi connectivity index (χ4n) is 4.31. The van der Waals surface area contributed by atoms with Gasteiger partial charge in [0, 0.05) is 11.8 Å². The van der Waals surface area contributed by atoms with Crippen molar-refractivity contribution in [1.29, 1.82) is 0 Å². The van der Waals surface area contributed by atoms with Crippen molar-refractivity contribution in [3.05, 3.63) is 76.7 Å². The van der Waals surface area contributed by atoms with E-state index in [4.69, 9.17) is 9.47 Å². The zero-order valence-electron chi connectivity index (χ0n) is 14.5. The zero-order valence-corrected chi connectivity index (χ0v) is 15.3. The van der Waals surface area contributed by atoms with Crippen LogP contribution in [0.2, 0.25) is 0 Å². The number of benzene rings is 2. The summed E-state index contributed by atoms with van der Waals surface area (Å²) < 4.78 is 38.7. The second kappa shape index (κ2) is 5.52.